The molecule has 336 valence electrons. The van der Waals surface area contributed by atoms with E-state index in [0.29, 0.717) is 0 Å². The van der Waals surface area contributed by atoms with Gasteiger partial charge in [-0.3, -0.25) is 19.0 Å². The molecule has 0 aliphatic carbocycles. The molecule has 6 rings (SSSR count). The minimum Gasteiger partial charge on any atom is -0.384 e. The normalized spacial score (nSPS) is 12.1. The molecule has 0 aliphatic rings. The first kappa shape index (κ1) is 49.2. The number of aromatic nitrogens is 4. The first-order valence-electron chi connectivity index (χ1n) is 19.2. The van der Waals surface area contributed by atoms with Crippen molar-refractivity contribution in [3.05, 3.63) is 159 Å². The Hall–Kier alpha value is -5.79. The van der Waals surface area contributed by atoms with Crippen molar-refractivity contribution >= 4 is 81.8 Å². The quantitative estimate of drug-likeness (QED) is 0.0986. The molecule has 6 aromatic rings. The van der Waals surface area contributed by atoms with Crippen LogP contribution in [0, 0.1) is 0 Å². The standard InChI is InChI=1S/C23H24ClN3O5S2.C21H21ClN4O3S/c1-23(2,3)15-8-10-18(11-9-15)34(31,32)27-20-12-16(24)13-25-21(20)22(28)19-7-5-6-17(26-19)14-33(4,29)30;1-21(2,3)13-7-9-15(10-8-13)30(28,29)26-17-11-14(22)12-24-19(17)20(27)16-5-4-6-18(23)25-16/h5-13,27H,14H2,1-4H3;4-12,26H,1-3H3,(H2,23,25). The third-order valence-corrected chi connectivity index (χ3v) is 13.1. The Morgan fingerprint density at radius 3 is 1.36 bits per heavy atom. The van der Waals surface area contributed by atoms with Gasteiger partial charge in [-0.1, -0.05) is 101 Å². The van der Waals surface area contributed by atoms with Crippen LogP contribution in [0.2, 0.25) is 10.0 Å². The highest BCUT2D eigenvalue weighted by Gasteiger charge is 2.25. The van der Waals surface area contributed by atoms with Gasteiger partial charge in [0.05, 0.1) is 42.7 Å². The average Bonchev–Trinajstić information content (AvgIpc) is 3.19. The minimum atomic E-state index is -4.06. The van der Waals surface area contributed by atoms with Crippen molar-refractivity contribution in [2.24, 2.45) is 0 Å². The van der Waals surface area contributed by atoms with Gasteiger partial charge in [-0.15, -0.1) is 0 Å². The lowest BCUT2D eigenvalue weighted by molar-refractivity contribution is 0.102. The lowest BCUT2D eigenvalue weighted by Crippen LogP contribution is -2.18. The molecule has 15 nitrogen and oxygen atoms in total. The number of pyridine rings is 4. The van der Waals surface area contributed by atoms with E-state index in [2.05, 4.69) is 29.4 Å². The second kappa shape index (κ2) is 19.1. The van der Waals surface area contributed by atoms with Crippen molar-refractivity contribution in [1.29, 1.82) is 0 Å². The number of carbonyl (C=O) groups is 2. The number of nitrogens with one attached hydrogen (secondary N) is 2. The second-order valence-corrected chi connectivity index (χ2v) is 22.9. The Balaban J connectivity index is 0.000000243. The largest absolute Gasteiger partial charge is 0.384 e. The van der Waals surface area contributed by atoms with E-state index in [1.54, 1.807) is 30.3 Å². The van der Waals surface area contributed by atoms with Crippen LogP contribution in [0.3, 0.4) is 0 Å². The van der Waals surface area contributed by atoms with Crippen LogP contribution in [0.5, 0.6) is 0 Å². The number of nitrogens with two attached hydrogens (primary N) is 1. The van der Waals surface area contributed by atoms with E-state index in [0.717, 1.165) is 17.4 Å². The van der Waals surface area contributed by atoms with Gasteiger partial charge in [-0.2, -0.15) is 0 Å². The number of nitrogens with zero attached hydrogens (tertiary/aromatic N) is 4. The average molecular weight is 967 g/mol. The topological polar surface area (TPSA) is 238 Å². The summed E-state index contributed by atoms with van der Waals surface area (Å²) in [6, 6.07) is 24.5. The van der Waals surface area contributed by atoms with E-state index in [-0.39, 0.29) is 82.1 Å². The van der Waals surface area contributed by atoms with Crippen LogP contribution in [-0.2, 0) is 46.5 Å². The molecule has 2 aromatic carbocycles. The zero-order valence-corrected chi connectivity index (χ0v) is 39.7. The van der Waals surface area contributed by atoms with E-state index in [4.69, 9.17) is 28.9 Å². The van der Waals surface area contributed by atoms with Gasteiger partial charge < -0.3 is 5.73 Å². The third-order valence-electron chi connectivity index (χ3n) is 9.14. The maximum atomic E-state index is 13.1. The van der Waals surface area contributed by atoms with Crippen LogP contribution in [0.4, 0.5) is 17.2 Å². The predicted molar refractivity (Wildman–Crippen MR) is 249 cm³/mol. The fourth-order valence-corrected chi connectivity index (χ4v) is 8.98. The fraction of sp³-hybridized carbons (Fsp3) is 0.227. The van der Waals surface area contributed by atoms with Gasteiger partial charge >= 0.3 is 0 Å². The molecule has 0 aliphatic heterocycles. The van der Waals surface area contributed by atoms with Gasteiger partial charge in [-0.05, 0) is 82.6 Å². The summed E-state index contributed by atoms with van der Waals surface area (Å²) in [7, 11) is -11.4. The molecule has 4 aromatic heterocycles. The molecule has 0 bridgehead atoms. The summed E-state index contributed by atoms with van der Waals surface area (Å²) >= 11 is 12.0. The molecule has 20 heteroatoms. The second-order valence-electron chi connectivity index (χ2n) is 16.5. The van der Waals surface area contributed by atoms with Crippen molar-refractivity contribution in [3.63, 3.8) is 0 Å². The molecular formula is C44H45Cl2N7O8S3. The van der Waals surface area contributed by atoms with Gasteiger partial charge in [-0.25, -0.2) is 45.2 Å². The molecule has 4 heterocycles. The molecule has 0 amide bonds. The van der Waals surface area contributed by atoms with Crippen molar-refractivity contribution in [1.82, 2.24) is 19.9 Å². The minimum absolute atomic E-state index is 0.00662. The Bertz CT molecular complexity index is 3070. The predicted octanol–water partition coefficient (Wildman–Crippen LogP) is 8.05. The number of sulfonamides is 2. The number of anilines is 3. The van der Waals surface area contributed by atoms with Gasteiger partial charge in [0, 0.05) is 18.6 Å². The zero-order chi connectivity index (χ0) is 47.4. The van der Waals surface area contributed by atoms with Crippen LogP contribution >= 0.6 is 23.2 Å². The first-order chi connectivity index (χ1) is 29.6. The monoisotopic (exact) mass is 965 g/mol. The van der Waals surface area contributed by atoms with E-state index in [9.17, 15) is 34.8 Å². The van der Waals surface area contributed by atoms with Crippen molar-refractivity contribution in [3.8, 4) is 0 Å². The number of nitrogen functional groups attached to an aromatic ring is 1. The summed E-state index contributed by atoms with van der Waals surface area (Å²) in [5.74, 6) is -1.45. The van der Waals surface area contributed by atoms with Gasteiger partial charge in [0.25, 0.3) is 20.0 Å². The smallest absolute Gasteiger partial charge is 0.261 e. The van der Waals surface area contributed by atoms with E-state index < -0.39 is 41.5 Å². The number of rotatable bonds is 12. The van der Waals surface area contributed by atoms with E-state index >= 15 is 0 Å². The summed E-state index contributed by atoms with van der Waals surface area (Å²) in [4.78, 5) is 42.1. The summed E-state index contributed by atoms with van der Waals surface area (Å²) in [6.07, 6.45) is 3.53. The van der Waals surface area contributed by atoms with Crippen molar-refractivity contribution < 1.29 is 34.8 Å². The maximum absolute atomic E-state index is 13.1. The lowest BCUT2D eigenvalue weighted by Gasteiger charge is -2.19. The van der Waals surface area contributed by atoms with Crippen LogP contribution in [-0.4, -0.2) is 63.0 Å². The molecule has 0 radical (unpaired) electrons. The molecule has 64 heavy (non-hydrogen) atoms. The van der Waals surface area contributed by atoms with E-state index in [1.807, 2.05) is 41.5 Å². The highest BCUT2D eigenvalue weighted by Crippen LogP contribution is 2.29. The highest BCUT2D eigenvalue weighted by atomic mass is 35.5. The molecular weight excluding hydrogens is 922 g/mol. The van der Waals surface area contributed by atoms with E-state index in [1.165, 1.54) is 79.1 Å². The summed E-state index contributed by atoms with van der Waals surface area (Å²) in [6.45, 7) is 12.2. The van der Waals surface area contributed by atoms with Crippen molar-refractivity contribution in [2.75, 3.05) is 21.4 Å². The van der Waals surface area contributed by atoms with Gasteiger partial charge in [0.15, 0.2) is 9.84 Å². The highest BCUT2D eigenvalue weighted by molar-refractivity contribution is 7.93. The number of benzene rings is 2. The van der Waals surface area contributed by atoms with Crippen LogP contribution < -0.4 is 15.2 Å². The fourth-order valence-electron chi connectivity index (χ4n) is 5.85. The van der Waals surface area contributed by atoms with Crippen LogP contribution in [0.15, 0.2) is 119 Å². The maximum Gasteiger partial charge on any atom is 0.261 e. The molecule has 0 atom stereocenters. The molecule has 0 saturated carbocycles. The summed E-state index contributed by atoms with van der Waals surface area (Å²) in [5.41, 5.74) is 6.97. The van der Waals surface area contributed by atoms with Gasteiger partial charge in [0.2, 0.25) is 11.6 Å². The van der Waals surface area contributed by atoms with Crippen molar-refractivity contribution in [2.45, 2.75) is 67.9 Å². The summed E-state index contributed by atoms with van der Waals surface area (Å²) < 4.78 is 79.8. The lowest BCUT2D eigenvalue weighted by atomic mass is 9.87. The SMILES string of the molecule is CC(C)(C)c1ccc(S(=O)(=O)Nc2cc(Cl)cnc2C(=O)c2cccc(CS(C)(=O)=O)n2)cc1.CC(C)(C)c1ccc(S(=O)(=O)Nc2cc(Cl)cnc2C(=O)c2cccc(N)n2)cc1. The first-order valence-corrected chi connectivity index (χ1v) is 24.9. The molecule has 0 spiro atoms. The van der Waals surface area contributed by atoms with Crippen LogP contribution in [0.1, 0.15) is 90.7 Å². The van der Waals surface area contributed by atoms with Crippen LogP contribution in [0.25, 0.3) is 0 Å². The number of halogens is 2. The number of hydrogen-bond acceptors (Lipinski definition) is 13. The summed E-state index contributed by atoms with van der Waals surface area (Å²) in [5, 5.41) is 0.295. The Morgan fingerprint density at radius 1 is 0.594 bits per heavy atom. The molecule has 0 fully saturated rings. The molecule has 4 N–H and O–H groups in total. The Labute approximate surface area is 382 Å². The zero-order valence-electron chi connectivity index (χ0n) is 35.7. The molecule has 0 saturated heterocycles. The number of hydrogen-bond donors (Lipinski definition) is 3. The molecule has 0 unspecified atom stereocenters. The Morgan fingerprint density at radius 2 is 0.984 bits per heavy atom. The number of sulfone groups is 1. The number of ketones is 2. The third kappa shape index (κ3) is 12.9. The Kier molecular flexibility index (Phi) is 14.7. The van der Waals surface area contributed by atoms with Gasteiger partial charge in [0.1, 0.15) is 28.6 Å². The number of carbonyl (C=O) groups excluding carboxylic acids is 2.